The summed E-state index contributed by atoms with van der Waals surface area (Å²) in [5, 5.41) is 8.46. The fourth-order valence-electron chi connectivity index (χ4n) is 5.37. The molecule has 5 heteroatoms. The van der Waals surface area contributed by atoms with E-state index in [4.69, 9.17) is 4.42 Å². The van der Waals surface area contributed by atoms with Gasteiger partial charge in [0.25, 0.3) is 0 Å². The lowest BCUT2D eigenvalue weighted by atomic mass is 9.71. The van der Waals surface area contributed by atoms with Crippen molar-refractivity contribution in [2.75, 3.05) is 13.1 Å². The second kappa shape index (κ2) is 8.68. The van der Waals surface area contributed by atoms with Crippen LogP contribution in [0.2, 0.25) is 0 Å². The molecule has 3 aromatic rings. The van der Waals surface area contributed by atoms with Crippen LogP contribution in [0.25, 0.3) is 0 Å². The summed E-state index contributed by atoms with van der Waals surface area (Å²) in [6.07, 6.45) is 7.93. The van der Waals surface area contributed by atoms with Gasteiger partial charge in [-0.25, -0.2) is 0 Å². The average Bonchev–Trinajstić information content (AvgIpc) is 3.32. The molecule has 1 aromatic heterocycles. The molecular weight excluding hydrogens is 382 g/mol. The molecule has 0 atom stereocenters. The predicted octanol–water partition coefficient (Wildman–Crippen LogP) is 5.09. The zero-order valence-electron chi connectivity index (χ0n) is 16.6. The Labute approximate surface area is 178 Å². The summed E-state index contributed by atoms with van der Waals surface area (Å²) in [5.74, 6) is 1.57. The molecule has 2 bridgehead atoms. The SMILES string of the molecule is Cl.c1ccc(C(CCN2CC3CCC2CC3)(c2ccccc2)c2nnco2)cc1. The molecule has 2 saturated heterocycles. The van der Waals surface area contributed by atoms with Crippen LogP contribution in [0.15, 0.2) is 71.5 Å². The van der Waals surface area contributed by atoms with Crippen LogP contribution in [0.3, 0.4) is 0 Å². The fraction of sp³-hybridized carbons (Fsp3) is 0.417. The van der Waals surface area contributed by atoms with Crippen molar-refractivity contribution in [1.29, 1.82) is 0 Å². The first-order valence-electron chi connectivity index (χ1n) is 10.5. The third kappa shape index (κ3) is 3.72. The largest absolute Gasteiger partial charge is 0.427 e. The zero-order valence-corrected chi connectivity index (χ0v) is 17.4. The number of hydrogen-bond acceptors (Lipinski definition) is 4. The monoisotopic (exact) mass is 409 g/mol. The molecule has 0 unspecified atom stereocenters. The van der Waals surface area contributed by atoms with Gasteiger partial charge in [-0.1, -0.05) is 60.7 Å². The molecule has 3 fully saturated rings. The van der Waals surface area contributed by atoms with E-state index in [-0.39, 0.29) is 12.4 Å². The maximum atomic E-state index is 5.87. The van der Waals surface area contributed by atoms with Crippen molar-refractivity contribution in [3.63, 3.8) is 0 Å². The molecule has 1 aliphatic carbocycles. The average molecular weight is 410 g/mol. The van der Waals surface area contributed by atoms with Crippen molar-refractivity contribution in [1.82, 2.24) is 15.1 Å². The fourth-order valence-corrected chi connectivity index (χ4v) is 5.37. The Bertz CT molecular complexity index is 838. The van der Waals surface area contributed by atoms with Crippen LogP contribution < -0.4 is 0 Å². The minimum atomic E-state index is -0.421. The van der Waals surface area contributed by atoms with Gasteiger partial charge in [0, 0.05) is 19.1 Å². The van der Waals surface area contributed by atoms with Crippen LogP contribution in [0.1, 0.15) is 49.1 Å². The molecular formula is C24H28ClN3O. The van der Waals surface area contributed by atoms with E-state index in [1.54, 1.807) is 0 Å². The van der Waals surface area contributed by atoms with Crippen molar-refractivity contribution in [3.05, 3.63) is 84.1 Å². The lowest BCUT2D eigenvalue weighted by Crippen LogP contribution is -2.49. The summed E-state index contributed by atoms with van der Waals surface area (Å²) in [7, 11) is 0. The Morgan fingerprint density at radius 1 is 0.897 bits per heavy atom. The van der Waals surface area contributed by atoms with Crippen molar-refractivity contribution in [2.45, 2.75) is 43.6 Å². The highest BCUT2D eigenvalue weighted by Crippen LogP contribution is 2.43. The Morgan fingerprint density at radius 2 is 1.52 bits per heavy atom. The smallest absolute Gasteiger partial charge is 0.231 e. The van der Waals surface area contributed by atoms with E-state index >= 15 is 0 Å². The molecule has 152 valence electrons. The van der Waals surface area contributed by atoms with E-state index in [0.29, 0.717) is 5.89 Å². The normalized spacial score (nSPS) is 21.7. The second-order valence-corrected chi connectivity index (χ2v) is 8.30. The van der Waals surface area contributed by atoms with Gasteiger partial charge in [0.2, 0.25) is 12.3 Å². The molecule has 6 rings (SSSR count). The topological polar surface area (TPSA) is 42.2 Å². The number of hydrogen-bond donors (Lipinski definition) is 0. The summed E-state index contributed by atoms with van der Waals surface area (Å²) in [5.41, 5.74) is 2.01. The summed E-state index contributed by atoms with van der Waals surface area (Å²) >= 11 is 0. The second-order valence-electron chi connectivity index (χ2n) is 8.30. The lowest BCUT2D eigenvalue weighted by molar-refractivity contribution is 0.0445. The first kappa shape index (κ1) is 20.1. The quantitative estimate of drug-likeness (QED) is 0.568. The maximum Gasteiger partial charge on any atom is 0.231 e. The van der Waals surface area contributed by atoms with Gasteiger partial charge in [-0.2, -0.15) is 0 Å². The third-order valence-corrected chi connectivity index (χ3v) is 6.86. The lowest BCUT2D eigenvalue weighted by Gasteiger charge is -2.46. The summed E-state index contributed by atoms with van der Waals surface area (Å²) in [6.45, 7) is 2.29. The van der Waals surface area contributed by atoms with Gasteiger partial charge in [-0.05, 0) is 49.1 Å². The summed E-state index contributed by atoms with van der Waals surface area (Å²) in [4.78, 5) is 2.72. The van der Waals surface area contributed by atoms with Gasteiger partial charge in [0.1, 0.15) is 0 Å². The highest BCUT2D eigenvalue weighted by molar-refractivity contribution is 5.85. The van der Waals surface area contributed by atoms with E-state index in [2.05, 4.69) is 75.8 Å². The molecule has 0 radical (unpaired) electrons. The third-order valence-electron chi connectivity index (χ3n) is 6.86. The molecule has 3 heterocycles. The summed E-state index contributed by atoms with van der Waals surface area (Å²) < 4.78 is 5.87. The number of rotatable bonds is 6. The van der Waals surface area contributed by atoms with Crippen LogP contribution in [-0.4, -0.2) is 34.2 Å². The molecule has 0 amide bonds. The van der Waals surface area contributed by atoms with Gasteiger partial charge in [0.05, 0.1) is 5.41 Å². The summed E-state index contributed by atoms with van der Waals surface area (Å²) in [6, 6.07) is 22.1. The molecule has 1 saturated carbocycles. The van der Waals surface area contributed by atoms with Crippen LogP contribution in [0.5, 0.6) is 0 Å². The number of benzene rings is 2. The Hall–Kier alpha value is -2.17. The number of halogens is 1. The molecule has 0 spiro atoms. The van der Waals surface area contributed by atoms with E-state index in [9.17, 15) is 0 Å². The first-order valence-corrected chi connectivity index (χ1v) is 10.5. The van der Waals surface area contributed by atoms with E-state index in [1.165, 1.54) is 49.7 Å². The molecule has 2 aromatic carbocycles. The number of nitrogens with zero attached hydrogens (tertiary/aromatic N) is 3. The highest BCUT2D eigenvalue weighted by atomic mass is 35.5. The van der Waals surface area contributed by atoms with Gasteiger partial charge < -0.3 is 9.32 Å². The number of aromatic nitrogens is 2. The molecule has 0 N–H and O–H groups in total. The van der Waals surface area contributed by atoms with Crippen molar-refractivity contribution in [2.24, 2.45) is 5.92 Å². The van der Waals surface area contributed by atoms with Crippen LogP contribution >= 0.6 is 12.4 Å². The number of piperidine rings is 2. The van der Waals surface area contributed by atoms with Gasteiger partial charge in [-0.3, -0.25) is 0 Å². The standard InChI is InChI=1S/C24H27N3O.ClH/c1-3-7-20(8-4-1)24(23-26-25-18-28-23,21-9-5-2-6-10-21)15-16-27-17-19-11-13-22(27)14-12-19;/h1-10,18-19,22H,11-17H2;1H. The van der Waals surface area contributed by atoms with Gasteiger partial charge in [0.15, 0.2) is 0 Å². The van der Waals surface area contributed by atoms with Crippen molar-refractivity contribution >= 4 is 12.4 Å². The predicted molar refractivity (Wildman–Crippen MR) is 116 cm³/mol. The minimum absolute atomic E-state index is 0. The van der Waals surface area contributed by atoms with E-state index in [0.717, 1.165) is 24.9 Å². The molecule has 4 nitrogen and oxygen atoms in total. The van der Waals surface area contributed by atoms with Gasteiger partial charge >= 0.3 is 0 Å². The van der Waals surface area contributed by atoms with Crippen molar-refractivity contribution in [3.8, 4) is 0 Å². The van der Waals surface area contributed by atoms with Crippen LogP contribution in [-0.2, 0) is 5.41 Å². The Morgan fingerprint density at radius 3 is 2.00 bits per heavy atom. The maximum absolute atomic E-state index is 5.87. The number of fused-ring (bicyclic) bond motifs is 3. The van der Waals surface area contributed by atoms with Crippen LogP contribution in [0, 0.1) is 5.92 Å². The van der Waals surface area contributed by atoms with Crippen molar-refractivity contribution < 1.29 is 4.42 Å². The Balaban J connectivity index is 0.00000205. The molecule has 3 aliphatic rings. The van der Waals surface area contributed by atoms with E-state index in [1.807, 2.05) is 0 Å². The van der Waals surface area contributed by atoms with E-state index < -0.39 is 5.41 Å². The highest BCUT2D eigenvalue weighted by Gasteiger charge is 2.42. The van der Waals surface area contributed by atoms with Gasteiger partial charge in [-0.15, -0.1) is 22.6 Å². The zero-order chi connectivity index (χ0) is 18.8. The minimum Gasteiger partial charge on any atom is -0.427 e. The molecule has 29 heavy (non-hydrogen) atoms. The molecule has 2 aliphatic heterocycles. The van der Waals surface area contributed by atoms with Crippen LogP contribution in [0.4, 0.5) is 0 Å². The Kier molecular flexibility index (Phi) is 6.02. The first-order chi connectivity index (χ1) is 13.9.